The summed E-state index contributed by atoms with van der Waals surface area (Å²) in [6.07, 6.45) is 0.386. The maximum atomic E-state index is 13.3. The molecular weight excluding hydrogens is 213 g/mol. The summed E-state index contributed by atoms with van der Waals surface area (Å²) in [4.78, 5) is 0. The highest BCUT2D eigenvalue weighted by Crippen LogP contribution is 2.30. The third kappa shape index (κ3) is 2.32. The lowest BCUT2D eigenvalue weighted by Crippen LogP contribution is -2.27. The van der Waals surface area contributed by atoms with Crippen LogP contribution >= 0.6 is 0 Å². The topological polar surface area (TPSA) is 64.7 Å². The zero-order valence-electron chi connectivity index (χ0n) is 8.78. The van der Waals surface area contributed by atoms with Crippen LogP contribution in [0.2, 0.25) is 0 Å². The zero-order chi connectivity index (χ0) is 11.5. The number of nitrogens with two attached hydrogens (primary N) is 1. The van der Waals surface area contributed by atoms with Crippen molar-refractivity contribution in [3.63, 3.8) is 0 Å². The molecule has 1 aromatic rings. The van der Waals surface area contributed by atoms with Gasteiger partial charge in [0.1, 0.15) is 11.6 Å². The maximum absolute atomic E-state index is 13.3. The number of hydrogen-bond donors (Lipinski definition) is 2. The van der Waals surface area contributed by atoms with Gasteiger partial charge in [0.15, 0.2) is 6.79 Å². The Hall–Kier alpha value is -1.17. The van der Waals surface area contributed by atoms with Crippen LogP contribution in [0.3, 0.4) is 0 Å². The van der Waals surface area contributed by atoms with Gasteiger partial charge in [-0.1, -0.05) is 0 Å². The molecule has 4 nitrogen and oxygen atoms in total. The van der Waals surface area contributed by atoms with Gasteiger partial charge >= 0.3 is 0 Å². The SMILES string of the molecule is NC(CO)Cc1cc(F)cc2c1OCOC2. The molecule has 0 aromatic heterocycles. The van der Waals surface area contributed by atoms with Crippen molar-refractivity contribution in [1.82, 2.24) is 0 Å². The monoisotopic (exact) mass is 227 g/mol. The fourth-order valence-electron chi connectivity index (χ4n) is 1.76. The lowest BCUT2D eigenvalue weighted by atomic mass is 10.0. The molecule has 1 aliphatic heterocycles. The summed E-state index contributed by atoms with van der Waals surface area (Å²) in [6.45, 7) is 0.371. The molecule has 0 fully saturated rings. The standard InChI is InChI=1S/C11H14FNO3/c12-9-1-7(3-10(13)4-14)11-8(2-9)5-15-6-16-11/h1-2,10,14H,3-6,13H2. The van der Waals surface area contributed by atoms with Crippen molar-refractivity contribution in [1.29, 1.82) is 0 Å². The maximum Gasteiger partial charge on any atom is 0.189 e. The molecule has 1 aliphatic rings. The van der Waals surface area contributed by atoms with Gasteiger partial charge in [0.2, 0.25) is 0 Å². The Morgan fingerprint density at radius 3 is 3.06 bits per heavy atom. The number of hydrogen-bond acceptors (Lipinski definition) is 4. The molecule has 0 spiro atoms. The predicted octanol–water partition coefficient (Wildman–Crippen LogP) is 0.554. The van der Waals surface area contributed by atoms with Crippen LogP contribution in [-0.2, 0) is 17.8 Å². The lowest BCUT2D eigenvalue weighted by molar-refractivity contribution is -0.0173. The molecule has 0 amide bonds. The van der Waals surface area contributed by atoms with Crippen LogP contribution in [0.4, 0.5) is 4.39 Å². The lowest BCUT2D eigenvalue weighted by Gasteiger charge is -2.21. The highest BCUT2D eigenvalue weighted by molar-refractivity contribution is 5.43. The van der Waals surface area contributed by atoms with E-state index in [1.807, 2.05) is 0 Å². The minimum absolute atomic E-state index is 0.137. The Bertz CT molecular complexity index is 384. The first-order chi connectivity index (χ1) is 7.70. The average molecular weight is 227 g/mol. The van der Waals surface area contributed by atoms with Gasteiger partial charge in [0.05, 0.1) is 13.2 Å². The fourth-order valence-corrected chi connectivity index (χ4v) is 1.76. The number of fused-ring (bicyclic) bond motifs is 1. The molecule has 1 heterocycles. The first-order valence-corrected chi connectivity index (χ1v) is 5.09. The van der Waals surface area contributed by atoms with E-state index in [4.69, 9.17) is 20.3 Å². The third-order valence-corrected chi connectivity index (χ3v) is 2.47. The Kier molecular flexibility index (Phi) is 3.38. The van der Waals surface area contributed by atoms with E-state index in [0.29, 0.717) is 29.9 Å². The summed E-state index contributed by atoms with van der Waals surface area (Å²) in [7, 11) is 0. The van der Waals surface area contributed by atoms with Gasteiger partial charge in [-0.3, -0.25) is 0 Å². The van der Waals surface area contributed by atoms with Gasteiger partial charge in [0, 0.05) is 11.6 Å². The minimum Gasteiger partial charge on any atom is -0.467 e. The molecule has 0 bridgehead atoms. The van der Waals surface area contributed by atoms with E-state index in [1.54, 1.807) is 0 Å². The molecule has 16 heavy (non-hydrogen) atoms. The van der Waals surface area contributed by atoms with Crippen molar-refractivity contribution in [2.45, 2.75) is 19.1 Å². The molecule has 0 saturated carbocycles. The van der Waals surface area contributed by atoms with Crippen LogP contribution in [0, 0.1) is 5.82 Å². The summed E-state index contributed by atoms with van der Waals surface area (Å²) >= 11 is 0. The predicted molar refractivity (Wildman–Crippen MR) is 55.4 cm³/mol. The van der Waals surface area contributed by atoms with Crippen LogP contribution in [0.1, 0.15) is 11.1 Å². The summed E-state index contributed by atoms with van der Waals surface area (Å²) < 4.78 is 23.7. The minimum atomic E-state index is -0.405. The fraction of sp³-hybridized carbons (Fsp3) is 0.455. The van der Waals surface area contributed by atoms with E-state index in [9.17, 15) is 4.39 Å². The second kappa shape index (κ2) is 4.78. The Labute approximate surface area is 92.8 Å². The number of ether oxygens (including phenoxy) is 2. The number of aliphatic hydroxyl groups excluding tert-OH is 1. The van der Waals surface area contributed by atoms with Crippen LogP contribution in [0.15, 0.2) is 12.1 Å². The van der Waals surface area contributed by atoms with E-state index >= 15 is 0 Å². The van der Waals surface area contributed by atoms with E-state index in [-0.39, 0.29) is 19.2 Å². The summed E-state index contributed by atoms with van der Waals surface area (Å²) in [5.41, 5.74) is 7.00. The van der Waals surface area contributed by atoms with E-state index in [1.165, 1.54) is 12.1 Å². The van der Waals surface area contributed by atoms with Crippen LogP contribution in [-0.4, -0.2) is 24.5 Å². The van der Waals surface area contributed by atoms with Gasteiger partial charge in [0.25, 0.3) is 0 Å². The average Bonchev–Trinajstić information content (AvgIpc) is 2.28. The molecule has 1 aromatic carbocycles. The smallest absolute Gasteiger partial charge is 0.189 e. The second-order valence-electron chi connectivity index (χ2n) is 3.81. The van der Waals surface area contributed by atoms with Gasteiger partial charge in [-0.25, -0.2) is 4.39 Å². The van der Waals surface area contributed by atoms with Crippen LogP contribution in [0.5, 0.6) is 5.75 Å². The van der Waals surface area contributed by atoms with Crippen molar-refractivity contribution < 1.29 is 19.0 Å². The first kappa shape index (κ1) is 11.3. The number of benzene rings is 1. The highest BCUT2D eigenvalue weighted by atomic mass is 19.1. The zero-order valence-corrected chi connectivity index (χ0v) is 8.78. The van der Waals surface area contributed by atoms with Crippen LogP contribution in [0.25, 0.3) is 0 Å². The van der Waals surface area contributed by atoms with Crippen molar-refractivity contribution >= 4 is 0 Å². The molecule has 1 atom stereocenters. The summed E-state index contributed by atoms with van der Waals surface area (Å²) in [5.74, 6) is 0.296. The van der Waals surface area contributed by atoms with Crippen molar-refractivity contribution in [3.05, 3.63) is 29.1 Å². The molecular formula is C11H14FNO3. The number of rotatable bonds is 3. The van der Waals surface area contributed by atoms with Gasteiger partial charge in [-0.2, -0.15) is 0 Å². The largest absolute Gasteiger partial charge is 0.467 e. The van der Waals surface area contributed by atoms with Crippen molar-refractivity contribution in [3.8, 4) is 5.75 Å². The molecule has 88 valence electrons. The van der Waals surface area contributed by atoms with Gasteiger partial charge in [-0.15, -0.1) is 0 Å². The van der Waals surface area contributed by atoms with Crippen molar-refractivity contribution in [2.24, 2.45) is 5.73 Å². The number of halogens is 1. The summed E-state index contributed by atoms with van der Waals surface area (Å²) in [5, 5.41) is 8.89. The molecule has 1 unspecified atom stereocenters. The molecule has 2 rings (SSSR count). The molecule has 3 N–H and O–H groups in total. The summed E-state index contributed by atoms with van der Waals surface area (Å²) in [6, 6.07) is 2.37. The third-order valence-electron chi connectivity index (χ3n) is 2.47. The number of aliphatic hydroxyl groups is 1. The molecule has 0 aliphatic carbocycles. The van der Waals surface area contributed by atoms with Gasteiger partial charge < -0.3 is 20.3 Å². The van der Waals surface area contributed by atoms with Gasteiger partial charge in [-0.05, 0) is 24.1 Å². The first-order valence-electron chi connectivity index (χ1n) is 5.09. The normalized spacial score (nSPS) is 16.4. The second-order valence-corrected chi connectivity index (χ2v) is 3.81. The van der Waals surface area contributed by atoms with Crippen LogP contribution < -0.4 is 10.5 Å². The van der Waals surface area contributed by atoms with Crippen molar-refractivity contribution in [2.75, 3.05) is 13.4 Å². The Morgan fingerprint density at radius 2 is 2.31 bits per heavy atom. The highest BCUT2D eigenvalue weighted by Gasteiger charge is 2.18. The molecule has 0 radical (unpaired) electrons. The Balaban J connectivity index is 2.31. The molecule has 5 heteroatoms. The quantitative estimate of drug-likeness (QED) is 0.791. The Morgan fingerprint density at radius 1 is 1.50 bits per heavy atom. The van der Waals surface area contributed by atoms with E-state index in [2.05, 4.69) is 0 Å². The van der Waals surface area contributed by atoms with E-state index in [0.717, 1.165) is 0 Å². The molecule has 0 saturated heterocycles. The van der Waals surface area contributed by atoms with E-state index < -0.39 is 6.04 Å².